The van der Waals surface area contributed by atoms with Gasteiger partial charge in [-0.1, -0.05) is 36.2 Å². The number of hydrogen-bond donors (Lipinski definition) is 1. The first-order valence-corrected chi connectivity index (χ1v) is 13.6. The van der Waals surface area contributed by atoms with Gasteiger partial charge in [0.15, 0.2) is 0 Å². The minimum absolute atomic E-state index is 0.221. The van der Waals surface area contributed by atoms with Crippen molar-refractivity contribution in [2.45, 2.75) is 44.8 Å². The Balaban J connectivity index is 1.17. The minimum atomic E-state index is -0.221. The second-order valence-electron chi connectivity index (χ2n) is 9.72. The van der Waals surface area contributed by atoms with Crippen LogP contribution in [0.15, 0.2) is 48.9 Å². The zero-order valence-electron chi connectivity index (χ0n) is 21.0. The van der Waals surface area contributed by atoms with Gasteiger partial charge in [0.25, 0.3) is 0 Å². The van der Waals surface area contributed by atoms with Gasteiger partial charge in [-0.2, -0.15) is 0 Å². The molecular weight excluding hydrogens is 512 g/mol. The Morgan fingerprint density at radius 3 is 2.51 bits per heavy atom. The number of piperazine rings is 1. The summed E-state index contributed by atoms with van der Waals surface area (Å²) < 4.78 is 14.2. The topological polar surface area (TPSA) is 60.4 Å². The predicted octanol–water partition coefficient (Wildman–Crippen LogP) is 5.63. The van der Waals surface area contributed by atoms with E-state index in [1.807, 2.05) is 6.07 Å². The lowest BCUT2D eigenvalue weighted by Crippen LogP contribution is -2.58. The van der Waals surface area contributed by atoms with E-state index in [-0.39, 0.29) is 5.82 Å². The van der Waals surface area contributed by atoms with E-state index in [2.05, 4.69) is 41.9 Å². The highest BCUT2D eigenvalue weighted by Gasteiger charge is 2.34. The number of nitrogens with zero attached hydrogens (tertiary/aromatic N) is 6. The Hall–Kier alpha value is -2.52. The van der Waals surface area contributed by atoms with Crippen LogP contribution in [0.5, 0.6) is 0 Å². The molecular formula is C27H32Cl2FN7. The van der Waals surface area contributed by atoms with Crippen LogP contribution >= 0.6 is 23.2 Å². The summed E-state index contributed by atoms with van der Waals surface area (Å²) in [5, 5.41) is 4.20. The van der Waals surface area contributed by atoms with Crippen molar-refractivity contribution in [2.75, 3.05) is 42.9 Å². The van der Waals surface area contributed by atoms with Crippen molar-refractivity contribution in [3.63, 3.8) is 0 Å². The molecule has 3 aromatic rings. The Morgan fingerprint density at radius 2 is 1.81 bits per heavy atom. The number of anilines is 3. The molecule has 196 valence electrons. The van der Waals surface area contributed by atoms with E-state index in [1.54, 1.807) is 36.8 Å². The molecule has 0 spiro atoms. The van der Waals surface area contributed by atoms with Gasteiger partial charge in [0.1, 0.15) is 11.6 Å². The molecule has 2 saturated heterocycles. The third kappa shape index (κ3) is 6.32. The molecule has 1 N–H and O–H groups in total. The Labute approximate surface area is 227 Å². The van der Waals surface area contributed by atoms with Crippen LogP contribution < -0.4 is 10.2 Å². The predicted molar refractivity (Wildman–Crippen MR) is 147 cm³/mol. The summed E-state index contributed by atoms with van der Waals surface area (Å²) in [6.07, 6.45) is 8.40. The van der Waals surface area contributed by atoms with Gasteiger partial charge in [-0.15, -0.1) is 0 Å². The Morgan fingerprint density at radius 1 is 1.03 bits per heavy atom. The number of aromatic nitrogens is 3. The number of piperidine rings is 1. The summed E-state index contributed by atoms with van der Waals surface area (Å²) in [5.41, 5.74) is 1.47. The highest BCUT2D eigenvalue weighted by molar-refractivity contribution is 6.33. The number of rotatable bonds is 7. The summed E-state index contributed by atoms with van der Waals surface area (Å²) in [7, 11) is 0. The molecule has 1 aromatic carbocycles. The molecule has 0 unspecified atom stereocenters. The quantitative estimate of drug-likeness (QED) is 0.414. The zero-order chi connectivity index (χ0) is 25.8. The Bertz CT molecular complexity index is 1190. The second kappa shape index (κ2) is 11.9. The summed E-state index contributed by atoms with van der Waals surface area (Å²) in [6.45, 7) is 7.58. The van der Waals surface area contributed by atoms with Crippen molar-refractivity contribution in [2.24, 2.45) is 0 Å². The lowest BCUT2D eigenvalue weighted by molar-refractivity contribution is 0.0607. The lowest BCUT2D eigenvalue weighted by Gasteiger charge is -2.47. The van der Waals surface area contributed by atoms with Crippen molar-refractivity contribution in [3.8, 4) is 0 Å². The van der Waals surface area contributed by atoms with Crippen molar-refractivity contribution >= 4 is 40.7 Å². The van der Waals surface area contributed by atoms with Gasteiger partial charge < -0.3 is 10.2 Å². The molecule has 7 nitrogen and oxygen atoms in total. The van der Waals surface area contributed by atoms with Crippen LogP contribution in [-0.4, -0.2) is 69.6 Å². The lowest BCUT2D eigenvalue weighted by atomic mass is 9.97. The van der Waals surface area contributed by atoms with Gasteiger partial charge >= 0.3 is 0 Å². The molecule has 37 heavy (non-hydrogen) atoms. The van der Waals surface area contributed by atoms with E-state index >= 15 is 0 Å². The third-order valence-corrected chi connectivity index (χ3v) is 7.89. The van der Waals surface area contributed by atoms with Crippen LogP contribution in [0.3, 0.4) is 0 Å². The molecule has 0 aliphatic carbocycles. The number of likely N-dealkylation sites (tertiary alicyclic amines) is 1. The van der Waals surface area contributed by atoms with E-state index < -0.39 is 0 Å². The van der Waals surface area contributed by atoms with Gasteiger partial charge in [0, 0.05) is 61.2 Å². The molecule has 2 aromatic heterocycles. The largest absolute Gasteiger partial charge is 0.353 e. The maximum absolute atomic E-state index is 14.2. The second-order valence-corrected chi connectivity index (χ2v) is 10.6. The molecule has 10 heteroatoms. The van der Waals surface area contributed by atoms with E-state index in [0.29, 0.717) is 40.2 Å². The summed E-state index contributed by atoms with van der Waals surface area (Å²) in [6, 6.07) is 9.60. The molecule has 2 fully saturated rings. The number of benzene rings is 1. The third-order valence-electron chi connectivity index (χ3n) is 7.38. The first-order valence-electron chi connectivity index (χ1n) is 12.9. The molecule has 0 saturated carbocycles. The van der Waals surface area contributed by atoms with E-state index in [1.165, 1.54) is 6.07 Å². The summed E-state index contributed by atoms with van der Waals surface area (Å²) in [5.74, 6) is 1.11. The molecule has 2 aliphatic rings. The number of hydrogen-bond acceptors (Lipinski definition) is 7. The highest BCUT2D eigenvalue weighted by Crippen LogP contribution is 2.31. The number of nitrogens with one attached hydrogen (secondary N) is 1. The van der Waals surface area contributed by atoms with Crippen molar-refractivity contribution in [1.82, 2.24) is 24.8 Å². The van der Waals surface area contributed by atoms with Gasteiger partial charge in [0.2, 0.25) is 5.95 Å². The number of pyridine rings is 1. The first-order chi connectivity index (χ1) is 18.0. The van der Waals surface area contributed by atoms with Crippen molar-refractivity contribution in [1.29, 1.82) is 0 Å². The van der Waals surface area contributed by atoms with Crippen LogP contribution in [0.4, 0.5) is 21.8 Å². The average Bonchev–Trinajstić information content (AvgIpc) is 2.91. The summed E-state index contributed by atoms with van der Waals surface area (Å²) in [4.78, 5) is 20.4. The van der Waals surface area contributed by atoms with Gasteiger partial charge in [0.05, 0.1) is 16.9 Å². The normalized spacial score (nSPS) is 19.8. The first kappa shape index (κ1) is 26.1. The fourth-order valence-corrected chi connectivity index (χ4v) is 5.88. The maximum Gasteiger partial charge on any atom is 0.227 e. The highest BCUT2D eigenvalue weighted by atomic mass is 35.5. The zero-order valence-corrected chi connectivity index (χ0v) is 22.5. The van der Waals surface area contributed by atoms with Crippen LogP contribution in [0.1, 0.15) is 31.7 Å². The van der Waals surface area contributed by atoms with E-state index in [9.17, 15) is 4.39 Å². The maximum atomic E-state index is 14.2. The molecule has 2 aliphatic heterocycles. The van der Waals surface area contributed by atoms with Crippen molar-refractivity contribution < 1.29 is 4.39 Å². The van der Waals surface area contributed by atoms with Crippen LogP contribution in [0, 0.1) is 5.82 Å². The van der Waals surface area contributed by atoms with Crippen LogP contribution in [0.25, 0.3) is 0 Å². The smallest absolute Gasteiger partial charge is 0.227 e. The molecule has 0 radical (unpaired) electrons. The molecule has 5 rings (SSSR count). The molecule has 4 heterocycles. The molecule has 1 atom stereocenters. The molecule has 0 bridgehead atoms. The van der Waals surface area contributed by atoms with Crippen LogP contribution in [0.2, 0.25) is 10.0 Å². The summed E-state index contributed by atoms with van der Waals surface area (Å²) >= 11 is 12.6. The van der Waals surface area contributed by atoms with E-state index in [0.717, 1.165) is 63.5 Å². The van der Waals surface area contributed by atoms with Crippen molar-refractivity contribution in [3.05, 3.63) is 70.3 Å². The monoisotopic (exact) mass is 543 g/mol. The fraction of sp³-hybridized carbons (Fsp3) is 0.444. The number of halogens is 3. The Kier molecular flexibility index (Phi) is 8.39. The van der Waals surface area contributed by atoms with Gasteiger partial charge in [-0.05, 0) is 56.6 Å². The minimum Gasteiger partial charge on any atom is -0.353 e. The fourth-order valence-electron chi connectivity index (χ4n) is 5.43. The standard InChI is InChI=1S/C27H32Cl2FN7/c1-2-22-18-36(26-24(29)15-21(16-33-26)34-27-31-8-3-9-32-27)12-13-37(22)23-6-10-35(11-7-23)17-19-4-5-20(28)14-25(19)30/h3-5,8-9,14-16,22-23H,2,6-7,10-13,17-18H2,1H3,(H,31,32,34)/t22-/m0/s1. The van der Waals surface area contributed by atoms with Crippen LogP contribution in [-0.2, 0) is 6.54 Å². The molecule has 0 amide bonds. The van der Waals surface area contributed by atoms with Gasteiger partial charge in [-0.25, -0.2) is 19.3 Å². The SMILES string of the molecule is CC[C@H]1CN(c2ncc(Nc3ncccn3)cc2Cl)CCN1C1CCN(Cc2ccc(Cl)cc2F)CC1. The van der Waals surface area contributed by atoms with E-state index in [4.69, 9.17) is 23.2 Å². The average molecular weight is 545 g/mol. The van der Waals surface area contributed by atoms with Gasteiger partial charge in [-0.3, -0.25) is 9.80 Å².